The van der Waals surface area contributed by atoms with Crippen LogP contribution < -0.4 is 10.6 Å². The zero-order chi connectivity index (χ0) is 18.5. The number of fused-ring (bicyclic) bond motifs is 1. The maximum Gasteiger partial charge on any atom is 0.326 e. The fraction of sp³-hybridized carbons (Fsp3) is 0.474. The Balaban J connectivity index is 1.18. The summed E-state index contributed by atoms with van der Waals surface area (Å²) in [7, 11) is 0. The summed E-state index contributed by atoms with van der Waals surface area (Å²) in [6.07, 6.45) is 6.40. The molecule has 1 fully saturated rings. The number of aromatic amines is 1. The van der Waals surface area contributed by atoms with E-state index in [1.807, 2.05) is 28.8 Å². The van der Waals surface area contributed by atoms with Crippen LogP contribution >= 0.6 is 0 Å². The van der Waals surface area contributed by atoms with Crippen molar-refractivity contribution in [1.82, 2.24) is 29.4 Å². The summed E-state index contributed by atoms with van der Waals surface area (Å²) in [6.45, 7) is 5.86. The van der Waals surface area contributed by atoms with Crippen molar-refractivity contribution in [2.75, 3.05) is 37.6 Å². The van der Waals surface area contributed by atoms with Gasteiger partial charge in [0.15, 0.2) is 0 Å². The van der Waals surface area contributed by atoms with Gasteiger partial charge >= 0.3 is 5.69 Å². The van der Waals surface area contributed by atoms with Crippen LogP contribution in [-0.2, 0) is 6.54 Å². The van der Waals surface area contributed by atoms with Gasteiger partial charge in [0.1, 0.15) is 12.7 Å². The molecule has 1 aliphatic rings. The summed E-state index contributed by atoms with van der Waals surface area (Å²) in [6, 6.07) is 7.87. The number of aryl methyl sites for hydroxylation is 1. The van der Waals surface area contributed by atoms with E-state index in [9.17, 15) is 4.79 Å². The number of unbranched alkanes of at least 4 members (excludes halogenated alkanes) is 2. The van der Waals surface area contributed by atoms with Gasteiger partial charge in [-0.2, -0.15) is 0 Å². The van der Waals surface area contributed by atoms with Gasteiger partial charge in [0.05, 0.1) is 11.0 Å². The first kappa shape index (κ1) is 17.7. The summed E-state index contributed by atoms with van der Waals surface area (Å²) >= 11 is 0. The Hall–Kier alpha value is -2.74. The molecule has 0 bridgehead atoms. The van der Waals surface area contributed by atoms with Gasteiger partial charge < -0.3 is 9.88 Å². The number of rotatable bonds is 7. The van der Waals surface area contributed by atoms with E-state index in [0.29, 0.717) is 0 Å². The molecule has 2 aromatic heterocycles. The van der Waals surface area contributed by atoms with Crippen molar-refractivity contribution in [2.45, 2.75) is 25.8 Å². The molecule has 1 saturated heterocycles. The fourth-order valence-electron chi connectivity index (χ4n) is 3.68. The van der Waals surface area contributed by atoms with Crippen LogP contribution in [0.15, 0.2) is 41.7 Å². The number of para-hydroxylation sites is 2. The minimum atomic E-state index is -0.00865. The molecule has 8 nitrogen and oxygen atoms in total. The lowest BCUT2D eigenvalue weighted by Gasteiger charge is -2.34. The summed E-state index contributed by atoms with van der Waals surface area (Å²) in [5.41, 5.74) is 1.90. The van der Waals surface area contributed by atoms with Gasteiger partial charge in [0.25, 0.3) is 0 Å². The molecule has 8 heteroatoms. The van der Waals surface area contributed by atoms with Gasteiger partial charge in [0, 0.05) is 32.7 Å². The quantitative estimate of drug-likeness (QED) is 0.638. The van der Waals surface area contributed by atoms with Crippen molar-refractivity contribution in [2.24, 2.45) is 0 Å². The molecule has 3 heterocycles. The Morgan fingerprint density at radius 1 is 0.926 bits per heavy atom. The lowest BCUT2D eigenvalue weighted by Crippen LogP contribution is -2.47. The van der Waals surface area contributed by atoms with Crippen LogP contribution in [0.25, 0.3) is 11.0 Å². The SMILES string of the molecule is O=c1[nH]c2ccccc2n1CCCCCN1CCN(c2ncncn2)CC1. The van der Waals surface area contributed by atoms with E-state index < -0.39 is 0 Å². The number of hydrogen-bond donors (Lipinski definition) is 1. The summed E-state index contributed by atoms with van der Waals surface area (Å²) in [5, 5.41) is 0. The Morgan fingerprint density at radius 3 is 2.48 bits per heavy atom. The smallest absolute Gasteiger partial charge is 0.326 e. The van der Waals surface area contributed by atoms with Crippen LogP contribution in [0.5, 0.6) is 0 Å². The lowest BCUT2D eigenvalue weighted by molar-refractivity contribution is 0.250. The fourth-order valence-corrected chi connectivity index (χ4v) is 3.68. The summed E-state index contributed by atoms with van der Waals surface area (Å²) in [5.74, 6) is 0.772. The second kappa shape index (κ2) is 8.30. The third-order valence-corrected chi connectivity index (χ3v) is 5.17. The number of nitrogens with one attached hydrogen (secondary N) is 1. The van der Waals surface area contributed by atoms with Gasteiger partial charge in [-0.3, -0.25) is 9.47 Å². The third kappa shape index (κ3) is 4.16. The monoisotopic (exact) mass is 367 g/mol. The third-order valence-electron chi connectivity index (χ3n) is 5.17. The van der Waals surface area contributed by atoms with Crippen LogP contribution in [0.3, 0.4) is 0 Å². The van der Waals surface area contributed by atoms with E-state index >= 15 is 0 Å². The molecule has 0 amide bonds. The zero-order valence-electron chi connectivity index (χ0n) is 15.4. The van der Waals surface area contributed by atoms with Crippen molar-refractivity contribution in [3.8, 4) is 0 Å². The highest BCUT2D eigenvalue weighted by molar-refractivity contribution is 5.74. The first-order valence-corrected chi connectivity index (χ1v) is 9.58. The predicted molar refractivity (Wildman–Crippen MR) is 105 cm³/mol. The number of benzene rings is 1. The van der Waals surface area contributed by atoms with Gasteiger partial charge in [-0.25, -0.2) is 19.7 Å². The molecule has 4 rings (SSSR count). The molecule has 27 heavy (non-hydrogen) atoms. The minimum absolute atomic E-state index is 0.00865. The number of hydrogen-bond acceptors (Lipinski definition) is 6. The topological polar surface area (TPSA) is 82.9 Å². The minimum Gasteiger partial charge on any atom is -0.338 e. The van der Waals surface area contributed by atoms with Crippen LogP contribution in [0.2, 0.25) is 0 Å². The van der Waals surface area contributed by atoms with Crippen LogP contribution in [0.4, 0.5) is 5.95 Å². The highest BCUT2D eigenvalue weighted by atomic mass is 16.1. The van der Waals surface area contributed by atoms with Crippen LogP contribution in [0, 0.1) is 0 Å². The van der Waals surface area contributed by atoms with Crippen molar-refractivity contribution < 1.29 is 0 Å². The van der Waals surface area contributed by atoms with Crippen LogP contribution in [0.1, 0.15) is 19.3 Å². The molecule has 0 aliphatic carbocycles. The standard InChI is InChI=1S/C19H25N7O/c27-19-23-16-6-2-3-7-17(16)26(19)9-5-1-4-8-24-10-12-25(13-11-24)18-21-14-20-15-22-18/h2-3,6-7,14-15H,1,4-5,8-13H2,(H,23,27). The van der Waals surface area contributed by atoms with Gasteiger partial charge in [-0.05, 0) is 31.5 Å². The van der Waals surface area contributed by atoms with E-state index in [1.54, 1.807) is 12.7 Å². The Morgan fingerprint density at radius 2 is 1.67 bits per heavy atom. The molecule has 0 saturated carbocycles. The first-order chi connectivity index (χ1) is 13.3. The number of nitrogens with zero attached hydrogens (tertiary/aromatic N) is 6. The Bertz CT molecular complexity index is 912. The molecule has 0 spiro atoms. The van der Waals surface area contributed by atoms with E-state index in [2.05, 4.69) is 29.7 Å². The summed E-state index contributed by atoms with van der Waals surface area (Å²) < 4.78 is 1.85. The molecule has 142 valence electrons. The first-order valence-electron chi connectivity index (χ1n) is 9.58. The van der Waals surface area contributed by atoms with Crippen molar-refractivity contribution in [3.63, 3.8) is 0 Å². The highest BCUT2D eigenvalue weighted by Crippen LogP contribution is 2.12. The molecule has 0 radical (unpaired) electrons. The molecule has 1 aromatic carbocycles. The molecule has 0 unspecified atom stereocenters. The number of H-pyrrole nitrogens is 1. The molecule has 0 atom stereocenters. The molecular formula is C19H25N7O. The van der Waals surface area contributed by atoms with Gasteiger partial charge in [-0.15, -0.1) is 0 Å². The van der Waals surface area contributed by atoms with Crippen LogP contribution in [-0.4, -0.2) is 62.1 Å². The predicted octanol–water partition coefficient (Wildman–Crippen LogP) is 1.51. The van der Waals surface area contributed by atoms with E-state index in [1.165, 1.54) is 0 Å². The molecule has 3 aromatic rings. The highest BCUT2D eigenvalue weighted by Gasteiger charge is 2.18. The lowest BCUT2D eigenvalue weighted by atomic mass is 10.2. The van der Waals surface area contributed by atoms with E-state index in [-0.39, 0.29) is 5.69 Å². The number of aromatic nitrogens is 5. The Labute approximate surface area is 157 Å². The second-order valence-corrected chi connectivity index (χ2v) is 6.93. The van der Waals surface area contributed by atoms with Gasteiger partial charge in [0.2, 0.25) is 5.95 Å². The number of piperazine rings is 1. The summed E-state index contributed by atoms with van der Waals surface area (Å²) in [4.78, 5) is 32.0. The Kier molecular flexibility index (Phi) is 5.43. The zero-order valence-corrected chi connectivity index (χ0v) is 15.4. The largest absolute Gasteiger partial charge is 0.338 e. The maximum atomic E-state index is 12.1. The van der Waals surface area contributed by atoms with Gasteiger partial charge in [-0.1, -0.05) is 18.6 Å². The molecular weight excluding hydrogens is 342 g/mol. The van der Waals surface area contributed by atoms with Crippen molar-refractivity contribution >= 4 is 17.0 Å². The van der Waals surface area contributed by atoms with E-state index in [4.69, 9.17) is 0 Å². The van der Waals surface area contributed by atoms with E-state index in [0.717, 1.165) is 75.5 Å². The average molecular weight is 367 g/mol. The molecule has 1 aliphatic heterocycles. The second-order valence-electron chi connectivity index (χ2n) is 6.93. The normalized spacial score (nSPS) is 15.5. The average Bonchev–Trinajstić information content (AvgIpc) is 3.04. The number of imidazole rings is 1. The van der Waals surface area contributed by atoms with Crippen molar-refractivity contribution in [3.05, 3.63) is 47.4 Å². The molecule has 1 N–H and O–H groups in total. The number of anilines is 1. The maximum absolute atomic E-state index is 12.1. The van der Waals surface area contributed by atoms with Crippen molar-refractivity contribution in [1.29, 1.82) is 0 Å².